The zero-order valence-corrected chi connectivity index (χ0v) is 13.8. The molecule has 1 amide bonds. The van der Waals surface area contributed by atoms with Gasteiger partial charge >= 0.3 is 0 Å². The van der Waals surface area contributed by atoms with Gasteiger partial charge in [-0.25, -0.2) is 0 Å². The van der Waals surface area contributed by atoms with Crippen molar-refractivity contribution in [1.29, 1.82) is 0 Å². The van der Waals surface area contributed by atoms with E-state index in [0.29, 0.717) is 22.3 Å². The normalized spacial score (nSPS) is 16.1. The van der Waals surface area contributed by atoms with Crippen LogP contribution in [0.5, 0.6) is 5.75 Å². The van der Waals surface area contributed by atoms with Crippen molar-refractivity contribution in [3.63, 3.8) is 0 Å². The molecule has 1 aromatic carbocycles. The van der Waals surface area contributed by atoms with Gasteiger partial charge in [0.25, 0.3) is 5.91 Å². The Balaban J connectivity index is 1.65. The lowest BCUT2D eigenvalue weighted by atomic mass is 10.3. The molecular weight excluding hydrogens is 327 g/mol. The maximum atomic E-state index is 11.8. The lowest BCUT2D eigenvalue weighted by Gasteiger charge is -2.19. The lowest BCUT2D eigenvalue weighted by Crippen LogP contribution is -2.38. The Morgan fingerprint density at radius 3 is 3.00 bits per heavy atom. The van der Waals surface area contributed by atoms with Crippen LogP contribution in [0.25, 0.3) is 0 Å². The van der Waals surface area contributed by atoms with Gasteiger partial charge in [0.05, 0.1) is 11.6 Å². The van der Waals surface area contributed by atoms with Gasteiger partial charge in [0.1, 0.15) is 5.75 Å². The zero-order valence-electron chi connectivity index (χ0n) is 12.3. The van der Waals surface area contributed by atoms with Crippen molar-refractivity contribution in [2.75, 3.05) is 46.0 Å². The second-order valence-electron chi connectivity index (χ2n) is 5.02. The van der Waals surface area contributed by atoms with Gasteiger partial charge in [-0.1, -0.05) is 23.2 Å². The number of amides is 1. The molecule has 7 heteroatoms. The monoisotopic (exact) mass is 346 g/mol. The number of carbonyl (C=O) groups is 1. The van der Waals surface area contributed by atoms with Crippen LogP contribution in [-0.2, 0) is 9.53 Å². The Morgan fingerprint density at radius 1 is 1.32 bits per heavy atom. The minimum atomic E-state index is -0.169. The second kappa shape index (κ2) is 9.20. The van der Waals surface area contributed by atoms with E-state index in [4.69, 9.17) is 32.7 Å². The molecule has 5 nitrogen and oxygen atoms in total. The number of ether oxygens (including phenoxy) is 2. The molecule has 22 heavy (non-hydrogen) atoms. The summed E-state index contributed by atoms with van der Waals surface area (Å²) in [6.45, 7) is 4.84. The molecule has 0 unspecified atom stereocenters. The Bertz CT molecular complexity index is 492. The maximum Gasteiger partial charge on any atom is 0.257 e. The summed E-state index contributed by atoms with van der Waals surface area (Å²) in [5.74, 6) is 0.281. The van der Waals surface area contributed by atoms with Gasteiger partial charge in [-0.15, -0.1) is 0 Å². The number of carbonyl (C=O) groups excluding carboxylic acids is 1. The van der Waals surface area contributed by atoms with E-state index in [-0.39, 0.29) is 12.5 Å². The van der Waals surface area contributed by atoms with E-state index < -0.39 is 0 Å². The largest absolute Gasteiger partial charge is 0.482 e. The first-order valence-corrected chi connectivity index (χ1v) is 8.05. The number of hydrogen-bond acceptors (Lipinski definition) is 4. The van der Waals surface area contributed by atoms with Crippen LogP contribution >= 0.6 is 23.2 Å². The topological polar surface area (TPSA) is 50.8 Å². The summed E-state index contributed by atoms with van der Waals surface area (Å²) in [6, 6.07) is 4.90. The summed E-state index contributed by atoms with van der Waals surface area (Å²) in [5, 5.41) is 3.76. The van der Waals surface area contributed by atoms with Crippen LogP contribution in [0.1, 0.15) is 6.42 Å². The molecule has 0 radical (unpaired) electrons. The Hall–Kier alpha value is -1.01. The second-order valence-corrected chi connectivity index (χ2v) is 5.86. The molecule has 1 heterocycles. The van der Waals surface area contributed by atoms with Gasteiger partial charge in [0.15, 0.2) is 6.61 Å². The van der Waals surface area contributed by atoms with Crippen LogP contribution in [0.3, 0.4) is 0 Å². The predicted octanol–water partition coefficient (Wildman–Crippen LogP) is 2.21. The Morgan fingerprint density at radius 2 is 2.18 bits per heavy atom. The number of nitrogens with one attached hydrogen (secondary N) is 1. The third kappa shape index (κ3) is 6.01. The summed E-state index contributed by atoms with van der Waals surface area (Å²) in [7, 11) is 0. The predicted molar refractivity (Wildman–Crippen MR) is 86.8 cm³/mol. The van der Waals surface area contributed by atoms with Gasteiger partial charge in [-0.3, -0.25) is 9.69 Å². The molecule has 1 aliphatic heterocycles. The number of nitrogens with zero attached hydrogens (tertiary/aromatic N) is 1. The summed E-state index contributed by atoms with van der Waals surface area (Å²) in [6.07, 6.45) is 1.03. The molecule has 1 aliphatic rings. The van der Waals surface area contributed by atoms with Crippen molar-refractivity contribution in [3.8, 4) is 5.75 Å². The SMILES string of the molecule is O=C(COc1ccc(Cl)cc1Cl)NCCN1CCCOCC1. The van der Waals surface area contributed by atoms with Gasteiger partial charge in [0.2, 0.25) is 0 Å². The van der Waals surface area contributed by atoms with Crippen molar-refractivity contribution in [1.82, 2.24) is 10.2 Å². The van der Waals surface area contributed by atoms with Crippen molar-refractivity contribution < 1.29 is 14.3 Å². The number of benzene rings is 1. The minimum Gasteiger partial charge on any atom is -0.482 e. The van der Waals surface area contributed by atoms with E-state index in [1.165, 1.54) is 0 Å². The summed E-state index contributed by atoms with van der Waals surface area (Å²) in [5.41, 5.74) is 0. The molecule has 2 rings (SSSR count). The van der Waals surface area contributed by atoms with E-state index in [9.17, 15) is 4.79 Å². The summed E-state index contributed by atoms with van der Waals surface area (Å²) >= 11 is 11.8. The van der Waals surface area contributed by atoms with Crippen molar-refractivity contribution >= 4 is 29.1 Å². The molecule has 0 atom stereocenters. The fourth-order valence-corrected chi connectivity index (χ4v) is 2.62. The third-order valence-corrected chi connectivity index (χ3v) is 3.85. The molecule has 0 saturated carbocycles. The average molecular weight is 347 g/mol. The standard InChI is InChI=1S/C15H20Cl2N2O3/c16-12-2-3-14(13(17)10-12)22-11-15(20)18-4-6-19-5-1-8-21-9-7-19/h2-3,10H,1,4-9,11H2,(H,18,20). The highest BCUT2D eigenvalue weighted by Gasteiger charge is 2.10. The van der Waals surface area contributed by atoms with E-state index in [1.807, 2.05) is 0 Å². The number of halogens is 2. The Labute approximate surface area is 140 Å². The van der Waals surface area contributed by atoms with Crippen molar-refractivity contribution in [2.24, 2.45) is 0 Å². The minimum absolute atomic E-state index is 0.0650. The van der Waals surface area contributed by atoms with Crippen LogP contribution in [0.15, 0.2) is 18.2 Å². The summed E-state index contributed by atoms with van der Waals surface area (Å²) < 4.78 is 10.8. The molecule has 1 N–H and O–H groups in total. The van der Waals surface area contributed by atoms with Crippen molar-refractivity contribution in [3.05, 3.63) is 28.2 Å². The third-order valence-electron chi connectivity index (χ3n) is 3.32. The van der Waals surface area contributed by atoms with Gasteiger partial charge in [0, 0.05) is 37.8 Å². The molecule has 0 bridgehead atoms. The van der Waals surface area contributed by atoms with Crippen molar-refractivity contribution in [2.45, 2.75) is 6.42 Å². The molecule has 1 fully saturated rings. The number of rotatable bonds is 6. The van der Waals surface area contributed by atoms with Gasteiger partial charge < -0.3 is 14.8 Å². The smallest absolute Gasteiger partial charge is 0.257 e. The van der Waals surface area contributed by atoms with E-state index in [0.717, 1.165) is 39.3 Å². The molecule has 0 aliphatic carbocycles. The molecule has 1 saturated heterocycles. The quantitative estimate of drug-likeness (QED) is 0.857. The van der Waals surface area contributed by atoms with Crippen LogP contribution in [0, 0.1) is 0 Å². The van der Waals surface area contributed by atoms with Crippen LogP contribution in [0.4, 0.5) is 0 Å². The fraction of sp³-hybridized carbons (Fsp3) is 0.533. The van der Waals surface area contributed by atoms with Crippen LogP contribution < -0.4 is 10.1 Å². The van der Waals surface area contributed by atoms with E-state index >= 15 is 0 Å². The first kappa shape index (κ1) is 17.3. The lowest BCUT2D eigenvalue weighted by molar-refractivity contribution is -0.123. The van der Waals surface area contributed by atoms with E-state index in [1.54, 1.807) is 18.2 Å². The van der Waals surface area contributed by atoms with Crippen LogP contribution in [0.2, 0.25) is 10.0 Å². The van der Waals surface area contributed by atoms with Gasteiger partial charge in [-0.05, 0) is 24.6 Å². The van der Waals surface area contributed by atoms with Crippen LogP contribution in [-0.4, -0.2) is 56.8 Å². The fourth-order valence-electron chi connectivity index (χ4n) is 2.16. The molecular formula is C15H20Cl2N2O3. The summed E-state index contributed by atoms with van der Waals surface area (Å²) in [4.78, 5) is 14.0. The molecule has 1 aromatic rings. The highest BCUT2D eigenvalue weighted by atomic mass is 35.5. The first-order valence-electron chi connectivity index (χ1n) is 7.30. The molecule has 0 aromatic heterocycles. The highest BCUT2D eigenvalue weighted by Crippen LogP contribution is 2.27. The highest BCUT2D eigenvalue weighted by molar-refractivity contribution is 6.35. The maximum absolute atomic E-state index is 11.8. The molecule has 0 spiro atoms. The average Bonchev–Trinajstić information content (AvgIpc) is 2.75. The number of hydrogen-bond donors (Lipinski definition) is 1. The first-order chi connectivity index (χ1) is 10.6. The van der Waals surface area contributed by atoms with Gasteiger partial charge in [-0.2, -0.15) is 0 Å². The zero-order chi connectivity index (χ0) is 15.8. The van der Waals surface area contributed by atoms with E-state index in [2.05, 4.69) is 10.2 Å². The molecule has 122 valence electrons. The Kier molecular flexibility index (Phi) is 7.25.